The Bertz CT molecular complexity index is 306. The molecule has 1 rings (SSSR count). The number of hydrogen-bond donors (Lipinski definition) is 0. The van der Waals surface area contributed by atoms with Crippen LogP contribution in [-0.2, 0) is 7.05 Å². The van der Waals surface area contributed by atoms with Crippen LogP contribution in [0.4, 0.5) is 0 Å². The summed E-state index contributed by atoms with van der Waals surface area (Å²) in [5.74, 6) is -0.125. The highest BCUT2D eigenvalue weighted by Gasteiger charge is 2.06. The van der Waals surface area contributed by atoms with E-state index >= 15 is 0 Å². The number of carbonyl (C=O) groups excluding carboxylic acids is 1. The number of aryl methyl sites for hydroxylation is 1. The van der Waals surface area contributed by atoms with Crippen molar-refractivity contribution in [1.29, 1.82) is 5.26 Å². The first-order chi connectivity index (χ1) is 5.25. The SMILES string of the molecule is Cn1cccc1C(=O)CC#N. The highest BCUT2D eigenvalue weighted by molar-refractivity contribution is 5.95. The van der Waals surface area contributed by atoms with Gasteiger partial charge in [0.1, 0.15) is 6.42 Å². The third-order valence-corrected chi connectivity index (χ3v) is 1.47. The van der Waals surface area contributed by atoms with Gasteiger partial charge in [0.15, 0.2) is 5.78 Å². The van der Waals surface area contributed by atoms with Crippen LogP contribution >= 0.6 is 0 Å². The summed E-state index contributed by atoms with van der Waals surface area (Å²) in [7, 11) is 1.78. The van der Waals surface area contributed by atoms with E-state index < -0.39 is 0 Å². The zero-order valence-corrected chi connectivity index (χ0v) is 6.24. The van der Waals surface area contributed by atoms with Gasteiger partial charge < -0.3 is 4.57 Å². The standard InChI is InChI=1S/C8H8N2O/c1-10-6-2-3-7(10)8(11)4-5-9/h2-3,6H,4H2,1H3. The fourth-order valence-electron chi connectivity index (χ4n) is 0.913. The molecule has 0 fully saturated rings. The van der Waals surface area contributed by atoms with Gasteiger partial charge in [0.25, 0.3) is 0 Å². The minimum Gasteiger partial charge on any atom is -0.348 e. The number of hydrogen-bond acceptors (Lipinski definition) is 2. The Labute approximate surface area is 64.9 Å². The minimum absolute atomic E-state index is 0.0438. The van der Waals surface area contributed by atoms with E-state index in [4.69, 9.17) is 5.26 Å². The molecular formula is C8H8N2O. The number of ketones is 1. The van der Waals surface area contributed by atoms with E-state index in [1.54, 1.807) is 29.9 Å². The molecule has 0 atom stereocenters. The molecule has 3 nitrogen and oxygen atoms in total. The lowest BCUT2D eigenvalue weighted by Gasteiger charge is -1.96. The van der Waals surface area contributed by atoms with E-state index in [9.17, 15) is 4.79 Å². The fraction of sp³-hybridized carbons (Fsp3) is 0.250. The third-order valence-electron chi connectivity index (χ3n) is 1.47. The van der Waals surface area contributed by atoms with Gasteiger partial charge in [0, 0.05) is 13.2 Å². The largest absolute Gasteiger partial charge is 0.348 e. The van der Waals surface area contributed by atoms with Gasteiger partial charge in [-0.1, -0.05) is 0 Å². The molecule has 0 aromatic carbocycles. The van der Waals surface area contributed by atoms with E-state index in [1.165, 1.54) is 0 Å². The van der Waals surface area contributed by atoms with Gasteiger partial charge in [-0.05, 0) is 12.1 Å². The van der Waals surface area contributed by atoms with Crippen LogP contribution in [-0.4, -0.2) is 10.4 Å². The Hall–Kier alpha value is -1.56. The Kier molecular flexibility index (Phi) is 2.07. The second-order valence-electron chi connectivity index (χ2n) is 2.26. The van der Waals surface area contributed by atoms with Crippen LogP contribution in [0.15, 0.2) is 18.3 Å². The van der Waals surface area contributed by atoms with E-state index in [1.807, 2.05) is 6.07 Å². The maximum Gasteiger partial charge on any atom is 0.193 e. The molecule has 0 saturated carbocycles. The van der Waals surface area contributed by atoms with Crippen molar-refractivity contribution in [1.82, 2.24) is 4.57 Å². The first kappa shape index (κ1) is 7.55. The molecule has 56 valence electrons. The molecule has 0 aliphatic rings. The molecule has 3 heteroatoms. The van der Waals surface area contributed by atoms with Crippen LogP contribution < -0.4 is 0 Å². The molecule has 0 N–H and O–H groups in total. The first-order valence-corrected chi connectivity index (χ1v) is 3.27. The van der Waals surface area contributed by atoms with E-state index in [2.05, 4.69) is 0 Å². The van der Waals surface area contributed by atoms with Gasteiger partial charge in [-0.15, -0.1) is 0 Å². The summed E-state index contributed by atoms with van der Waals surface area (Å²) < 4.78 is 1.71. The third kappa shape index (κ3) is 1.47. The van der Waals surface area contributed by atoms with Gasteiger partial charge in [0.2, 0.25) is 0 Å². The molecule has 0 radical (unpaired) electrons. The molecule has 0 aliphatic heterocycles. The van der Waals surface area contributed by atoms with Gasteiger partial charge in [0.05, 0.1) is 11.8 Å². The number of carbonyl (C=O) groups is 1. The highest BCUT2D eigenvalue weighted by Crippen LogP contribution is 2.02. The molecule has 0 aliphatic carbocycles. The number of aromatic nitrogens is 1. The van der Waals surface area contributed by atoms with Crippen molar-refractivity contribution in [3.8, 4) is 6.07 Å². The predicted octanol–water partition coefficient (Wildman–Crippen LogP) is 1.12. The highest BCUT2D eigenvalue weighted by atomic mass is 16.1. The lowest BCUT2D eigenvalue weighted by atomic mass is 10.2. The average Bonchev–Trinajstić information content (AvgIpc) is 2.36. The summed E-state index contributed by atoms with van der Waals surface area (Å²) in [4.78, 5) is 11.1. The second kappa shape index (κ2) is 3.02. The van der Waals surface area contributed by atoms with E-state index in [0.717, 1.165) is 0 Å². The maximum atomic E-state index is 11.1. The van der Waals surface area contributed by atoms with Crippen molar-refractivity contribution in [3.63, 3.8) is 0 Å². The molecule has 1 heterocycles. The predicted molar refractivity (Wildman–Crippen MR) is 40.0 cm³/mol. The van der Waals surface area contributed by atoms with Crippen LogP contribution in [0.2, 0.25) is 0 Å². The summed E-state index contributed by atoms with van der Waals surface area (Å²) in [6.07, 6.45) is 1.74. The van der Waals surface area contributed by atoms with Gasteiger partial charge in [-0.2, -0.15) is 5.26 Å². The summed E-state index contributed by atoms with van der Waals surface area (Å²) in [6.45, 7) is 0. The zero-order chi connectivity index (χ0) is 8.27. The van der Waals surface area contributed by atoms with Crippen LogP contribution in [0.3, 0.4) is 0 Å². The summed E-state index contributed by atoms with van der Waals surface area (Å²) in [6, 6.07) is 5.31. The van der Waals surface area contributed by atoms with E-state index in [0.29, 0.717) is 5.69 Å². The topological polar surface area (TPSA) is 45.8 Å². The van der Waals surface area contributed by atoms with E-state index in [-0.39, 0.29) is 12.2 Å². The molecular weight excluding hydrogens is 140 g/mol. The normalized spacial score (nSPS) is 9.09. The van der Waals surface area contributed by atoms with Crippen molar-refractivity contribution >= 4 is 5.78 Å². The summed E-state index contributed by atoms with van der Waals surface area (Å²) in [5.41, 5.74) is 0.589. The van der Waals surface area contributed by atoms with Crippen molar-refractivity contribution in [2.75, 3.05) is 0 Å². The van der Waals surface area contributed by atoms with Crippen molar-refractivity contribution in [2.45, 2.75) is 6.42 Å². The van der Waals surface area contributed by atoms with Crippen LogP contribution in [0.25, 0.3) is 0 Å². The smallest absolute Gasteiger partial charge is 0.193 e. The number of rotatable bonds is 2. The second-order valence-corrected chi connectivity index (χ2v) is 2.26. The summed E-state index contributed by atoms with van der Waals surface area (Å²) >= 11 is 0. The molecule has 0 saturated heterocycles. The monoisotopic (exact) mass is 148 g/mol. The number of nitriles is 1. The zero-order valence-electron chi connectivity index (χ0n) is 6.24. The van der Waals surface area contributed by atoms with Crippen molar-refractivity contribution in [3.05, 3.63) is 24.0 Å². The van der Waals surface area contributed by atoms with Gasteiger partial charge in [-0.3, -0.25) is 4.79 Å². The van der Waals surface area contributed by atoms with Crippen molar-refractivity contribution < 1.29 is 4.79 Å². The summed E-state index contributed by atoms with van der Waals surface area (Å²) in [5, 5.41) is 8.25. The van der Waals surface area contributed by atoms with Gasteiger partial charge in [-0.25, -0.2) is 0 Å². The van der Waals surface area contributed by atoms with Gasteiger partial charge >= 0.3 is 0 Å². The average molecular weight is 148 g/mol. The molecule has 0 spiro atoms. The Morgan fingerprint density at radius 3 is 3.00 bits per heavy atom. The molecule has 1 aromatic heterocycles. The quantitative estimate of drug-likeness (QED) is 0.590. The minimum atomic E-state index is -0.125. The molecule has 11 heavy (non-hydrogen) atoms. The van der Waals surface area contributed by atoms with Crippen LogP contribution in [0, 0.1) is 11.3 Å². The Morgan fingerprint density at radius 1 is 1.82 bits per heavy atom. The maximum absolute atomic E-state index is 11.1. The van der Waals surface area contributed by atoms with Crippen molar-refractivity contribution in [2.24, 2.45) is 7.05 Å². The number of Topliss-reactive ketones (excluding diaryl/α,β-unsaturated/α-hetero) is 1. The first-order valence-electron chi connectivity index (χ1n) is 3.27. The van der Waals surface area contributed by atoms with Crippen LogP contribution in [0.5, 0.6) is 0 Å². The molecule has 0 unspecified atom stereocenters. The molecule has 1 aromatic rings. The number of nitrogens with zero attached hydrogens (tertiary/aromatic N) is 2. The lowest BCUT2D eigenvalue weighted by Crippen LogP contribution is -2.03. The van der Waals surface area contributed by atoms with Crippen LogP contribution in [0.1, 0.15) is 16.9 Å². The Balaban J connectivity index is 2.86. The lowest BCUT2D eigenvalue weighted by molar-refractivity contribution is 0.0990. The Morgan fingerprint density at radius 2 is 2.55 bits per heavy atom. The fourth-order valence-corrected chi connectivity index (χ4v) is 0.913. The molecule has 0 bridgehead atoms. The molecule has 0 amide bonds.